The number of benzene rings is 3. The van der Waals surface area contributed by atoms with Gasteiger partial charge in [0.05, 0.1) is 17.1 Å². The number of piperazine rings is 1. The number of hydrogen-bond acceptors (Lipinski definition) is 12. The van der Waals surface area contributed by atoms with Crippen molar-refractivity contribution < 1.29 is 38.1 Å². The van der Waals surface area contributed by atoms with Crippen LogP contribution in [0.3, 0.4) is 0 Å². The van der Waals surface area contributed by atoms with Crippen LogP contribution in [0.5, 0.6) is 11.8 Å². The van der Waals surface area contributed by atoms with Crippen molar-refractivity contribution in [2.24, 2.45) is 5.41 Å². The van der Waals surface area contributed by atoms with E-state index in [0.29, 0.717) is 49.1 Å². The molecule has 2 bridgehead atoms. The number of aliphatic hydroxyl groups excluding tert-OH is 1. The summed E-state index contributed by atoms with van der Waals surface area (Å²) in [6, 6.07) is 12.8. The summed E-state index contributed by atoms with van der Waals surface area (Å²) in [6.45, 7) is 12.3. The predicted octanol–water partition coefficient (Wildman–Crippen LogP) is 9.48. The number of terminal acetylenes is 1. The quantitative estimate of drug-likeness (QED) is 0.0368. The van der Waals surface area contributed by atoms with Gasteiger partial charge in [0.1, 0.15) is 46.8 Å². The molecule has 1 aliphatic carbocycles. The Bertz CT molecular complexity index is 3190. The van der Waals surface area contributed by atoms with Crippen molar-refractivity contribution in [1.82, 2.24) is 40.7 Å². The number of nitrogens with one attached hydrogen (secondary N) is 3. The van der Waals surface area contributed by atoms with Crippen LogP contribution >= 0.6 is 0 Å². The molecule has 5 aromatic rings. The molecule has 4 fully saturated rings. The van der Waals surface area contributed by atoms with Crippen LogP contribution in [0.1, 0.15) is 147 Å². The highest BCUT2D eigenvalue weighted by Crippen LogP contribution is 2.40. The highest BCUT2D eigenvalue weighted by Gasteiger charge is 2.44. The Kier molecular flexibility index (Phi) is 17.9. The van der Waals surface area contributed by atoms with Crippen LogP contribution in [0.4, 0.5) is 14.6 Å². The van der Waals surface area contributed by atoms with Crippen molar-refractivity contribution in [2.75, 3.05) is 44.2 Å². The molecule has 0 radical (unpaired) electrons. The van der Waals surface area contributed by atoms with Gasteiger partial charge in [0, 0.05) is 81.3 Å². The van der Waals surface area contributed by atoms with Crippen molar-refractivity contribution in [3.63, 3.8) is 0 Å². The first-order valence-electron chi connectivity index (χ1n) is 29.5. The number of β-amino-alcohol motifs (C(OH)–C–C–N with tert-alkyl or cyclic N) is 1. The molecule has 3 amide bonds. The maximum atomic E-state index is 17.1. The second-order valence-electron chi connectivity index (χ2n) is 24.4. The van der Waals surface area contributed by atoms with Gasteiger partial charge in [-0.05, 0) is 117 Å². The Labute approximate surface area is 474 Å². The molecule has 2 aromatic heterocycles. The Balaban J connectivity index is 0.660. The minimum absolute atomic E-state index is 0.0281. The van der Waals surface area contributed by atoms with Gasteiger partial charge in [0.2, 0.25) is 17.7 Å². The zero-order valence-corrected chi connectivity index (χ0v) is 47.5. The molecule has 5 aliphatic rings. The van der Waals surface area contributed by atoms with Gasteiger partial charge in [0.25, 0.3) is 0 Å². The Morgan fingerprint density at radius 3 is 2.32 bits per heavy atom. The van der Waals surface area contributed by atoms with Gasteiger partial charge in [-0.1, -0.05) is 94.7 Å². The molecule has 3 aromatic carbocycles. The third kappa shape index (κ3) is 13.3. The second kappa shape index (κ2) is 25.2. The number of unbranched alkanes of at least 4 members (excludes halogenated alkanes) is 6. The number of fused-ring (bicyclic) bond motifs is 4. The smallest absolute Gasteiger partial charge is 0.319 e. The summed E-state index contributed by atoms with van der Waals surface area (Å²) in [7, 11) is 0. The largest absolute Gasteiger partial charge is 0.508 e. The SMILES string of the molecule is C#Cc1c(F)ccc2cc(O)cc(-c3ncc4c(N5CC6CCC(C5)N6)nc(OC5CCN(CCCCCCCCCC(=O)NC(C(=O)N6C[C@H](O)C[C@H]6C(=O)NCc6ccc(C7=C(C)CCC7)cc6)C(C)(C)C)CC5)nc4c3F)c12. The van der Waals surface area contributed by atoms with Crippen molar-refractivity contribution in [2.45, 2.75) is 173 Å². The number of aromatic nitrogens is 3. The van der Waals surface area contributed by atoms with E-state index >= 15 is 8.78 Å². The number of pyridine rings is 1. The van der Waals surface area contributed by atoms with Gasteiger partial charge in [-0.25, -0.2) is 8.78 Å². The number of phenolic OH excluding ortho intramolecular Hbond substituents is 1. The van der Waals surface area contributed by atoms with E-state index < -0.39 is 35.2 Å². The molecule has 6 heterocycles. The minimum Gasteiger partial charge on any atom is -0.508 e. The number of carbonyl (C=O) groups excluding carboxylic acids is 3. The fourth-order valence-corrected chi connectivity index (χ4v) is 12.9. The molecule has 15 nitrogen and oxygen atoms in total. The zero-order valence-electron chi connectivity index (χ0n) is 47.5. The van der Waals surface area contributed by atoms with Crippen molar-refractivity contribution in [1.29, 1.82) is 0 Å². The molecule has 4 saturated heterocycles. The van der Waals surface area contributed by atoms with E-state index in [1.807, 2.05) is 32.9 Å². The maximum Gasteiger partial charge on any atom is 0.319 e. The fraction of sp³-hybridized carbons (Fsp3) is 0.531. The van der Waals surface area contributed by atoms with E-state index in [4.69, 9.17) is 16.1 Å². The highest BCUT2D eigenvalue weighted by molar-refractivity contribution is 6.03. The van der Waals surface area contributed by atoms with Gasteiger partial charge < -0.3 is 45.6 Å². The third-order valence-corrected chi connectivity index (χ3v) is 17.3. The lowest BCUT2D eigenvalue weighted by atomic mass is 9.85. The topological polar surface area (TPSA) is 185 Å². The third-order valence-electron chi connectivity index (χ3n) is 17.3. The van der Waals surface area contributed by atoms with E-state index in [2.05, 4.69) is 60.7 Å². The van der Waals surface area contributed by atoms with E-state index in [-0.39, 0.29) is 88.4 Å². The van der Waals surface area contributed by atoms with E-state index in [0.717, 1.165) is 102 Å². The number of aromatic hydroxyl groups is 1. The lowest BCUT2D eigenvalue weighted by Gasteiger charge is -2.35. The molecule has 430 valence electrons. The van der Waals surface area contributed by atoms with Crippen molar-refractivity contribution >= 4 is 50.8 Å². The molecule has 5 N–H and O–H groups in total. The first kappa shape index (κ1) is 57.5. The standard InChI is InChI=1S/C64H79F2N9O6/c1-6-48-52(65)25-22-42-31-45(76)32-50(55(42)48)57-56(66)58-51(35-67-57)60(74-36-43-23-24-44(37-74)69-43)72-63(71-58)81-47-26-29-73(30-27-47)28-13-11-9-7-8-10-12-17-54(78)70-59(64(3,4)5)62(80)75-38-46(77)33-53(75)61(79)68-34-40-18-20-41(21-19-40)49-16-14-15-39(49)2/h1,18-22,25,31-32,35,43-44,46-47,53,59,69,76-77H,7-17,23-24,26-30,33-34,36-38H2,2-5H3,(H,68,79)(H,70,78)/t43?,44?,46-,53+,59?/m1/s1. The first-order chi connectivity index (χ1) is 39.0. The number of aliphatic hydroxyl groups is 1. The fourth-order valence-electron chi connectivity index (χ4n) is 12.9. The van der Waals surface area contributed by atoms with Crippen LogP contribution in [0.2, 0.25) is 0 Å². The number of rotatable bonds is 20. The van der Waals surface area contributed by atoms with Crippen LogP contribution in [-0.2, 0) is 20.9 Å². The lowest BCUT2D eigenvalue weighted by molar-refractivity contribution is -0.144. The Morgan fingerprint density at radius 2 is 1.63 bits per heavy atom. The summed E-state index contributed by atoms with van der Waals surface area (Å²) in [4.78, 5) is 61.2. The van der Waals surface area contributed by atoms with Crippen LogP contribution in [0.15, 0.2) is 60.3 Å². The summed E-state index contributed by atoms with van der Waals surface area (Å²) in [5.41, 5.74) is 4.43. The van der Waals surface area contributed by atoms with Crippen LogP contribution in [-0.4, -0.2) is 128 Å². The molecule has 10 rings (SSSR count). The molecule has 17 heteroatoms. The molecule has 81 heavy (non-hydrogen) atoms. The number of carbonyl (C=O) groups is 3. The summed E-state index contributed by atoms with van der Waals surface area (Å²) >= 11 is 0. The van der Waals surface area contributed by atoms with Crippen molar-refractivity contribution in [3.8, 4) is 35.4 Å². The van der Waals surface area contributed by atoms with Gasteiger partial charge in [-0.3, -0.25) is 19.4 Å². The number of likely N-dealkylation sites (tertiary alicyclic amines) is 2. The van der Waals surface area contributed by atoms with Crippen LogP contribution in [0.25, 0.3) is 38.5 Å². The van der Waals surface area contributed by atoms with Crippen LogP contribution < -0.4 is 25.6 Å². The van der Waals surface area contributed by atoms with E-state index in [9.17, 15) is 24.6 Å². The van der Waals surface area contributed by atoms with Gasteiger partial charge >= 0.3 is 6.01 Å². The van der Waals surface area contributed by atoms with Gasteiger partial charge in [0.15, 0.2) is 5.82 Å². The summed E-state index contributed by atoms with van der Waals surface area (Å²) < 4.78 is 38.6. The number of phenols is 1. The summed E-state index contributed by atoms with van der Waals surface area (Å²) in [5.74, 6) is 0.585. The molecule has 5 atom stereocenters. The van der Waals surface area contributed by atoms with E-state index in [1.165, 1.54) is 52.3 Å². The Morgan fingerprint density at radius 1 is 0.914 bits per heavy atom. The average molecular weight is 1110 g/mol. The van der Waals surface area contributed by atoms with Crippen LogP contribution in [0, 0.1) is 29.4 Å². The number of halogens is 2. The maximum absolute atomic E-state index is 17.1. The first-order valence-corrected chi connectivity index (χ1v) is 29.5. The molecule has 0 spiro atoms. The zero-order chi connectivity index (χ0) is 57.0. The molecule has 0 saturated carbocycles. The predicted molar refractivity (Wildman–Crippen MR) is 311 cm³/mol. The molecular weight excluding hydrogens is 1030 g/mol. The second-order valence-corrected chi connectivity index (χ2v) is 24.4. The molecular formula is C64H79F2N9O6. The minimum atomic E-state index is -0.854. The summed E-state index contributed by atoms with van der Waals surface area (Å²) in [5, 5.41) is 32.2. The number of allylic oxidation sites excluding steroid dienone is 2. The number of piperidine rings is 1. The highest BCUT2D eigenvalue weighted by atomic mass is 19.1. The van der Waals surface area contributed by atoms with Gasteiger partial charge in [-0.15, -0.1) is 6.42 Å². The normalized spacial score (nSPS) is 21.0. The van der Waals surface area contributed by atoms with Crippen molar-refractivity contribution in [3.05, 3.63) is 88.6 Å². The monoisotopic (exact) mass is 1110 g/mol. The van der Waals surface area contributed by atoms with Gasteiger partial charge in [-0.2, -0.15) is 9.97 Å². The molecule has 4 aliphatic heterocycles. The molecule has 3 unspecified atom stereocenters. The average Bonchev–Trinajstić information content (AvgIpc) is 4.14. The number of hydrogen-bond donors (Lipinski definition) is 5. The number of ether oxygens (including phenoxy) is 1. The Hall–Kier alpha value is -6.74. The lowest BCUT2D eigenvalue weighted by Crippen LogP contribution is -2.57. The summed E-state index contributed by atoms with van der Waals surface area (Å²) in [6.07, 6.45) is 20.8. The van der Waals surface area contributed by atoms with E-state index in [1.54, 1.807) is 6.20 Å². The number of anilines is 1. The number of nitrogens with zero attached hydrogens (tertiary/aromatic N) is 6. The number of amides is 3.